The zero-order valence-corrected chi connectivity index (χ0v) is 18.6. The largest absolute Gasteiger partial charge is 0.345 e. The molecule has 3 nitrogen and oxygen atoms in total. The maximum Gasteiger partial charge on any atom is 0.251 e. The third-order valence-corrected chi connectivity index (χ3v) is 6.44. The Morgan fingerprint density at radius 2 is 1.62 bits per heavy atom. The maximum absolute atomic E-state index is 13.1. The van der Waals surface area contributed by atoms with Gasteiger partial charge in [0.15, 0.2) is 5.78 Å². The van der Waals surface area contributed by atoms with Gasteiger partial charge in [-0.05, 0) is 47.6 Å². The molecule has 3 atom stereocenters. The quantitative estimate of drug-likeness (QED) is 0.455. The fourth-order valence-electron chi connectivity index (χ4n) is 4.54. The minimum atomic E-state index is -0.114. The smallest absolute Gasteiger partial charge is 0.251 e. The van der Waals surface area contributed by atoms with Gasteiger partial charge in [0.05, 0.1) is 6.04 Å². The van der Waals surface area contributed by atoms with Gasteiger partial charge in [0.25, 0.3) is 5.91 Å². The van der Waals surface area contributed by atoms with Crippen molar-refractivity contribution in [3.8, 4) is 0 Å². The van der Waals surface area contributed by atoms with Crippen LogP contribution in [0.3, 0.4) is 0 Å². The average Bonchev–Trinajstić information content (AvgIpc) is 3.01. The molecule has 3 aromatic rings. The van der Waals surface area contributed by atoms with E-state index < -0.39 is 0 Å². The lowest BCUT2D eigenvalue weighted by Gasteiger charge is -2.23. The Morgan fingerprint density at radius 3 is 2.31 bits per heavy atom. The van der Waals surface area contributed by atoms with E-state index >= 15 is 0 Å². The summed E-state index contributed by atoms with van der Waals surface area (Å²) < 4.78 is 0. The first-order chi connectivity index (χ1) is 15.6. The van der Waals surface area contributed by atoms with Gasteiger partial charge in [-0.3, -0.25) is 9.59 Å². The predicted molar refractivity (Wildman–Crippen MR) is 130 cm³/mol. The van der Waals surface area contributed by atoms with E-state index in [9.17, 15) is 9.59 Å². The van der Waals surface area contributed by atoms with E-state index in [-0.39, 0.29) is 29.6 Å². The molecule has 3 unspecified atom stereocenters. The van der Waals surface area contributed by atoms with Gasteiger partial charge in [-0.15, -0.1) is 0 Å². The van der Waals surface area contributed by atoms with E-state index in [0.717, 1.165) is 28.7 Å². The number of fused-ring (bicyclic) bond motifs is 1. The van der Waals surface area contributed by atoms with Gasteiger partial charge in [-0.1, -0.05) is 92.7 Å². The molecule has 1 N–H and O–H groups in total. The molecule has 0 aromatic heterocycles. The van der Waals surface area contributed by atoms with Gasteiger partial charge in [0.1, 0.15) is 0 Å². The molecule has 4 rings (SSSR count). The highest BCUT2D eigenvalue weighted by Gasteiger charge is 2.29. The van der Waals surface area contributed by atoms with Crippen molar-refractivity contribution in [2.45, 2.75) is 38.6 Å². The first-order valence-corrected chi connectivity index (χ1v) is 11.3. The normalized spacial score (nSPS) is 18.3. The number of amides is 1. The number of rotatable bonds is 6. The summed E-state index contributed by atoms with van der Waals surface area (Å²) >= 11 is 0. The topological polar surface area (TPSA) is 46.2 Å². The van der Waals surface area contributed by atoms with Crippen LogP contribution in [-0.2, 0) is 0 Å². The Balaban J connectivity index is 1.55. The summed E-state index contributed by atoms with van der Waals surface area (Å²) in [4.78, 5) is 26.1. The molecule has 3 heteroatoms. The number of allylic oxidation sites excluding steroid dienone is 1. The van der Waals surface area contributed by atoms with Crippen LogP contribution in [0.15, 0.2) is 84.9 Å². The van der Waals surface area contributed by atoms with E-state index in [2.05, 4.69) is 31.3 Å². The zero-order valence-electron chi connectivity index (χ0n) is 18.6. The molecular formula is C29H29NO2. The number of carbonyl (C=O) groups is 2. The number of nitrogens with one attached hydrogen (secondary N) is 1. The lowest BCUT2D eigenvalue weighted by molar-refractivity contribution is 0.0902. The van der Waals surface area contributed by atoms with Crippen LogP contribution in [0.5, 0.6) is 0 Å². The summed E-state index contributed by atoms with van der Waals surface area (Å²) in [6.07, 6.45) is 5.63. The van der Waals surface area contributed by atoms with E-state index in [1.807, 2.05) is 78.9 Å². The van der Waals surface area contributed by atoms with Crippen LogP contribution in [0, 0.1) is 5.92 Å². The number of ketones is 1. The summed E-state index contributed by atoms with van der Waals surface area (Å²) in [6, 6.07) is 25.4. The number of hydrogen-bond acceptors (Lipinski definition) is 2. The van der Waals surface area contributed by atoms with E-state index in [1.165, 1.54) is 0 Å². The van der Waals surface area contributed by atoms with Crippen LogP contribution < -0.4 is 5.32 Å². The summed E-state index contributed by atoms with van der Waals surface area (Å²) in [5, 5.41) is 3.16. The van der Waals surface area contributed by atoms with Crippen LogP contribution in [-0.4, -0.2) is 11.7 Å². The van der Waals surface area contributed by atoms with Crippen LogP contribution >= 0.6 is 0 Å². The lowest BCUT2D eigenvalue weighted by Crippen LogP contribution is -2.28. The van der Waals surface area contributed by atoms with Crippen molar-refractivity contribution >= 4 is 17.8 Å². The highest BCUT2D eigenvalue weighted by molar-refractivity contribution is 5.99. The molecule has 3 aromatic carbocycles. The number of hydrogen-bond donors (Lipinski definition) is 1. The molecule has 0 saturated heterocycles. The number of benzene rings is 3. The first-order valence-electron chi connectivity index (χ1n) is 11.3. The van der Waals surface area contributed by atoms with Gasteiger partial charge < -0.3 is 5.32 Å². The third-order valence-electron chi connectivity index (χ3n) is 6.44. The molecule has 0 heterocycles. The summed E-state index contributed by atoms with van der Waals surface area (Å²) in [5.74, 6) is 0.0476. The van der Waals surface area contributed by atoms with Crippen molar-refractivity contribution < 1.29 is 9.59 Å². The molecule has 0 spiro atoms. The van der Waals surface area contributed by atoms with Gasteiger partial charge in [-0.25, -0.2) is 0 Å². The van der Waals surface area contributed by atoms with Crippen LogP contribution in [0.4, 0.5) is 0 Å². The highest BCUT2D eigenvalue weighted by atomic mass is 16.1. The second-order valence-electron chi connectivity index (χ2n) is 8.45. The first kappa shape index (κ1) is 21.8. The minimum Gasteiger partial charge on any atom is -0.345 e. The molecule has 0 bridgehead atoms. The molecule has 0 saturated carbocycles. The Morgan fingerprint density at radius 1 is 0.938 bits per heavy atom. The Kier molecular flexibility index (Phi) is 6.65. The van der Waals surface area contributed by atoms with Crippen LogP contribution in [0.25, 0.3) is 6.08 Å². The molecule has 1 amide bonds. The summed E-state index contributed by atoms with van der Waals surface area (Å²) in [6.45, 7) is 4.18. The molecule has 1 aliphatic carbocycles. The Hall–Kier alpha value is -3.46. The lowest BCUT2D eigenvalue weighted by atomic mass is 9.80. The van der Waals surface area contributed by atoms with E-state index in [4.69, 9.17) is 0 Å². The SMILES string of the molecule is CCC(NC(=O)c1ccc2c(c1)C=CCC(C(=O)c1ccccc1)C2C)c1ccccc1. The van der Waals surface area contributed by atoms with Gasteiger partial charge in [0.2, 0.25) is 0 Å². The monoisotopic (exact) mass is 423 g/mol. The molecule has 162 valence electrons. The maximum atomic E-state index is 13.1. The van der Waals surface area contributed by atoms with E-state index in [1.54, 1.807) is 0 Å². The van der Waals surface area contributed by atoms with Crippen LogP contribution in [0.2, 0.25) is 0 Å². The third kappa shape index (κ3) is 4.57. The fraction of sp³-hybridized carbons (Fsp3) is 0.241. The highest BCUT2D eigenvalue weighted by Crippen LogP contribution is 2.36. The number of carbonyl (C=O) groups excluding carboxylic acids is 2. The summed E-state index contributed by atoms with van der Waals surface area (Å²) in [5.41, 5.74) is 4.63. The van der Waals surface area contributed by atoms with Crippen molar-refractivity contribution in [2.24, 2.45) is 5.92 Å². The van der Waals surface area contributed by atoms with Crippen molar-refractivity contribution in [2.75, 3.05) is 0 Å². The second-order valence-corrected chi connectivity index (χ2v) is 8.45. The van der Waals surface area contributed by atoms with Crippen molar-refractivity contribution in [3.05, 3.63) is 113 Å². The van der Waals surface area contributed by atoms with Gasteiger partial charge in [-0.2, -0.15) is 0 Å². The molecule has 0 aliphatic heterocycles. The molecule has 0 fully saturated rings. The number of Topliss-reactive ketones (excluding diaryl/α,β-unsaturated/α-hetero) is 1. The van der Waals surface area contributed by atoms with Crippen molar-refractivity contribution in [1.82, 2.24) is 5.32 Å². The standard InChI is InChI=1S/C29H29NO2/c1-3-27(21-11-6-4-7-12-21)30-29(32)24-17-18-25-20(2)26(16-10-15-23(25)19-24)28(31)22-13-8-5-9-14-22/h4-15,17-20,26-27H,3,16H2,1-2H3,(H,30,32). The molecule has 0 radical (unpaired) electrons. The Labute approximate surface area is 190 Å². The van der Waals surface area contributed by atoms with E-state index in [0.29, 0.717) is 12.0 Å². The molecular weight excluding hydrogens is 394 g/mol. The van der Waals surface area contributed by atoms with Gasteiger partial charge >= 0.3 is 0 Å². The predicted octanol–water partition coefficient (Wildman–Crippen LogP) is 6.59. The Bertz CT molecular complexity index is 1120. The fourth-order valence-corrected chi connectivity index (χ4v) is 4.54. The zero-order chi connectivity index (χ0) is 22.5. The summed E-state index contributed by atoms with van der Waals surface area (Å²) in [7, 11) is 0. The van der Waals surface area contributed by atoms with Crippen molar-refractivity contribution in [3.63, 3.8) is 0 Å². The van der Waals surface area contributed by atoms with Crippen molar-refractivity contribution in [1.29, 1.82) is 0 Å². The minimum absolute atomic E-state index is 0.0233. The molecule has 1 aliphatic rings. The average molecular weight is 424 g/mol. The second kappa shape index (κ2) is 9.78. The van der Waals surface area contributed by atoms with Crippen LogP contribution in [0.1, 0.15) is 76.1 Å². The van der Waals surface area contributed by atoms with Gasteiger partial charge in [0, 0.05) is 17.0 Å². The molecule has 32 heavy (non-hydrogen) atoms.